The fourth-order valence-electron chi connectivity index (χ4n) is 3.98. The first kappa shape index (κ1) is 24.6. The van der Waals surface area contributed by atoms with Crippen LogP contribution in [0.2, 0.25) is 5.02 Å². The molecule has 2 N–H and O–H groups in total. The largest absolute Gasteiger partial charge is 0.350 e. The van der Waals surface area contributed by atoms with Gasteiger partial charge in [-0.05, 0) is 48.4 Å². The topological polar surface area (TPSA) is 112 Å². The SMILES string of the molecule is CCc1cc(C#N)cc(P(=O)(OC)c2c(C(=O)NCc3cnc[n+](C)c3)[nH]c3ccc(Cl)cc23)c1. The quantitative estimate of drug-likeness (QED) is 0.294. The molecule has 10 heteroatoms. The fourth-order valence-corrected chi connectivity index (χ4v) is 6.41. The van der Waals surface area contributed by atoms with Gasteiger partial charge < -0.3 is 14.8 Å². The second-order valence-corrected chi connectivity index (χ2v) is 10.9. The van der Waals surface area contributed by atoms with Gasteiger partial charge in [0.15, 0.2) is 0 Å². The van der Waals surface area contributed by atoms with Crippen LogP contribution in [-0.4, -0.2) is 23.0 Å². The molecule has 2 aromatic carbocycles. The number of nitriles is 1. The number of hydrogen-bond acceptors (Lipinski definition) is 5. The van der Waals surface area contributed by atoms with Gasteiger partial charge in [0, 0.05) is 28.3 Å². The normalized spacial score (nSPS) is 12.8. The Labute approximate surface area is 208 Å². The van der Waals surface area contributed by atoms with E-state index in [9.17, 15) is 14.6 Å². The Balaban J connectivity index is 1.87. The van der Waals surface area contributed by atoms with Crippen molar-refractivity contribution in [2.75, 3.05) is 7.11 Å². The zero-order valence-corrected chi connectivity index (χ0v) is 21.2. The van der Waals surface area contributed by atoms with E-state index in [4.69, 9.17) is 16.1 Å². The van der Waals surface area contributed by atoms with E-state index in [2.05, 4.69) is 21.4 Å². The van der Waals surface area contributed by atoms with Gasteiger partial charge in [0.1, 0.15) is 11.9 Å². The number of aryl methyl sites for hydroxylation is 2. The van der Waals surface area contributed by atoms with Crippen LogP contribution in [0.4, 0.5) is 0 Å². The number of nitrogens with one attached hydrogen (secondary N) is 2. The van der Waals surface area contributed by atoms with Crippen LogP contribution < -0.4 is 20.5 Å². The van der Waals surface area contributed by atoms with Crippen molar-refractivity contribution in [3.8, 4) is 6.07 Å². The number of carbonyl (C=O) groups is 1. The molecule has 1 unspecified atom stereocenters. The molecule has 1 atom stereocenters. The van der Waals surface area contributed by atoms with Crippen molar-refractivity contribution in [2.24, 2.45) is 7.05 Å². The van der Waals surface area contributed by atoms with Crippen molar-refractivity contribution < 1.29 is 18.5 Å². The van der Waals surface area contributed by atoms with E-state index < -0.39 is 13.3 Å². The maximum atomic E-state index is 14.6. The van der Waals surface area contributed by atoms with Crippen molar-refractivity contribution in [1.29, 1.82) is 5.26 Å². The van der Waals surface area contributed by atoms with Crippen LogP contribution in [0.25, 0.3) is 10.9 Å². The van der Waals surface area contributed by atoms with E-state index in [-0.39, 0.29) is 17.5 Å². The van der Waals surface area contributed by atoms with Gasteiger partial charge in [-0.1, -0.05) is 23.5 Å². The van der Waals surface area contributed by atoms with Crippen LogP contribution in [0.1, 0.15) is 34.1 Å². The molecule has 0 bridgehead atoms. The number of aromatic nitrogens is 3. The van der Waals surface area contributed by atoms with Gasteiger partial charge in [0.2, 0.25) is 0 Å². The summed E-state index contributed by atoms with van der Waals surface area (Å²) in [5.41, 5.74) is 2.70. The summed E-state index contributed by atoms with van der Waals surface area (Å²) in [6, 6.07) is 12.2. The van der Waals surface area contributed by atoms with Gasteiger partial charge in [-0.3, -0.25) is 9.36 Å². The number of H-pyrrole nitrogens is 1. The predicted molar refractivity (Wildman–Crippen MR) is 134 cm³/mol. The third-order valence-corrected chi connectivity index (χ3v) is 8.42. The van der Waals surface area contributed by atoms with Gasteiger partial charge in [0.05, 0.1) is 42.3 Å². The third-order valence-electron chi connectivity index (χ3n) is 5.68. The highest BCUT2D eigenvalue weighted by Gasteiger charge is 2.36. The number of halogens is 1. The Morgan fingerprint density at radius 2 is 2.09 bits per heavy atom. The van der Waals surface area contributed by atoms with E-state index in [0.717, 1.165) is 11.1 Å². The summed E-state index contributed by atoms with van der Waals surface area (Å²) in [4.78, 5) is 20.6. The Hall–Kier alpha value is -3.50. The Bertz CT molecular complexity index is 1530. The molecule has 2 heterocycles. The van der Waals surface area contributed by atoms with Crippen LogP contribution >= 0.6 is 19.0 Å². The molecule has 178 valence electrons. The van der Waals surface area contributed by atoms with E-state index in [1.165, 1.54) is 7.11 Å². The van der Waals surface area contributed by atoms with Gasteiger partial charge >= 0.3 is 0 Å². The average molecular weight is 509 g/mol. The summed E-state index contributed by atoms with van der Waals surface area (Å²) >= 11 is 6.27. The van der Waals surface area contributed by atoms with Gasteiger partial charge in [0.25, 0.3) is 19.6 Å². The first-order valence-corrected chi connectivity index (χ1v) is 12.9. The Morgan fingerprint density at radius 1 is 1.29 bits per heavy atom. The summed E-state index contributed by atoms with van der Waals surface area (Å²) in [5, 5.41) is 13.9. The monoisotopic (exact) mass is 508 g/mol. The van der Waals surface area contributed by atoms with Crippen molar-refractivity contribution in [1.82, 2.24) is 15.3 Å². The van der Waals surface area contributed by atoms with Crippen LogP contribution in [0.3, 0.4) is 0 Å². The highest BCUT2D eigenvalue weighted by atomic mass is 35.5. The molecule has 0 aliphatic carbocycles. The van der Waals surface area contributed by atoms with Gasteiger partial charge in [-0.25, -0.2) is 4.57 Å². The Kier molecular flexibility index (Phi) is 7.04. The van der Waals surface area contributed by atoms with Crippen molar-refractivity contribution in [2.45, 2.75) is 19.9 Å². The number of aromatic amines is 1. The van der Waals surface area contributed by atoms with Gasteiger partial charge in [-0.15, -0.1) is 0 Å². The number of amides is 1. The molecule has 0 aliphatic heterocycles. The third kappa shape index (κ3) is 4.85. The molecule has 0 saturated heterocycles. The smallest absolute Gasteiger partial charge is 0.285 e. The number of nitrogens with zero attached hydrogens (tertiary/aromatic N) is 3. The summed E-state index contributed by atoms with van der Waals surface area (Å²) < 4.78 is 22.0. The van der Waals surface area contributed by atoms with Crippen LogP contribution in [0, 0.1) is 11.3 Å². The van der Waals surface area contributed by atoms with E-state index in [1.807, 2.05) is 20.2 Å². The van der Waals surface area contributed by atoms with Crippen LogP contribution in [-0.2, 0) is 29.1 Å². The number of benzene rings is 2. The van der Waals surface area contributed by atoms with E-state index in [1.54, 1.807) is 53.5 Å². The van der Waals surface area contributed by atoms with Crippen LogP contribution in [0.5, 0.6) is 0 Å². The first-order valence-electron chi connectivity index (χ1n) is 10.9. The molecular formula is C25H24ClN5O3P+. The summed E-state index contributed by atoms with van der Waals surface area (Å²) in [5.74, 6) is -0.455. The minimum Gasteiger partial charge on any atom is -0.350 e. The molecular weight excluding hydrogens is 485 g/mol. The minimum atomic E-state index is -3.82. The van der Waals surface area contributed by atoms with Crippen molar-refractivity contribution in [3.63, 3.8) is 0 Å². The number of carbonyl (C=O) groups excluding carboxylic acids is 1. The van der Waals surface area contributed by atoms with Crippen molar-refractivity contribution >= 4 is 46.4 Å². The molecule has 8 nitrogen and oxygen atoms in total. The molecule has 0 spiro atoms. The van der Waals surface area contributed by atoms with Gasteiger partial charge in [-0.2, -0.15) is 5.26 Å². The maximum absolute atomic E-state index is 14.6. The van der Waals surface area contributed by atoms with E-state index >= 15 is 0 Å². The number of hydrogen-bond donors (Lipinski definition) is 2. The van der Waals surface area contributed by atoms with Crippen LogP contribution in [0.15, 0.2) is 55.1 Å². The molecule has 0 aliphatic rings. The molecule has 0 saturated carbocycles. The number of rotatable bonds is 7. The lowest BCUT2D eigenvalue weighted by molar-refractivity contribution is -0.675. The summed E-state index contributed by atoms with van der Waals surface area (Å²) in [6.45, 7) is 2.16. The predicted octanol–water partition coefficient (Wildman–Crippen LogP) is 3.28. The lowest BCUT2D eigenvalue weighted by Gasteiger charge is -2.19. The lowest BCUT2D eigenvalue weighted by atomic mass is 10.1. The average Bonchev–Trinajstić information content (AvgIpc) is 3.25. The van der Waals surface area contributed by atoms with E-state index in [0.29, 0.717) is 33.2 Å². The molecule has 0 radical (unpaired) electrons. The first-order chi connectivity index (χ1) is 16.8. The highest BCUT2D eigenvalue weighted by molar-refractivity contribution is 7.75. The summed E-state index contributed by atoms with van der Waals surface area (Å²) in [6.07, 6.45) is 5.80. The molecule has 4 rings (SSSR count). The molecule has 0 fully saturated rings. The fraction of sp³-hybridized carbons (Fsp3) is 0.200. The zero-order chi connectivity index (χ0) is 25.2. The standard InChI is InChI=1S/C25H23ClN5O3P/c1-4-16-7-17(11-27)9-20(8-16)35(33,34-3)24-21-10-19(26)5-6-22(21)30-23(24)25(32)29-13-18-12-28-15-31(2)14-18/h5-10,12,14-15H,4,13H2,1-3H3,(H-,29,30,32,33)/p+1. The summed E-state index contributed by atoms with van der Waals surface area (Å²) in [7, 11) is -0.637. The highest BCUT2D eigenvalue weighted by Crippen LogP contribution is 2.47. The number of fused-ring (bicyclic) bond motifs is 1. The molecule has 4 aromatic rings. The molecule has 2 aromatic heterocycles. The maximum Gasteiger partial charge on any atom is 0.285 e. The molecule has 1 amide bonds. The second kappa shape index (κ2) is 10.0. The Morgan fingerprint density at radius 3 is 2.77 bits per heavy atom. The minimum absolute atomic E-state index is 0.112. The molecule has 35 heavy (non-hydrogen) atoms. The second-order valence-electron chi connectivity index (χ2n) is 8.07. The lowest BCUT2D eigenvalue weighted by Crippen LogP contribution is -2.32. The zero-order valence-electron chi connectivity index (χ0n) is 19.5. The van der Waals surface area contributed by atoms with Crippen molar-refractivity contribution in [3.05, 3.63) is 82.5 Å².